The van der Waals surface area contributed by atoms with Gasteiger partial charge in [-0.3, -0.25) is 4.79 Å². The maximum atomic E-state index is 13.4. The molecular weight excluding hydrogens is 243 g/mol. The number of alkyl halides is 1. The van der Waals surface area contributed by atoms with Crippen LogP contribution in [0.1, 0.15) is 5.56 Å². The summed E-state index contributed by atoms with van der Waals surface area (Å²) in [5.74, 6) is -0.148. The summed E-state index contributed by atoms with van der Waals surface area (Å²) in [7, 11) is 0. The molecule has 0 bridgehead atoms. The average molecular weight is 251 g/mol. The molecule has 0 radical (unpaired) electrons. The Hall–Kier alpha value is -1.81. The highest BCUT2D eigenvalue weighted by Crippen LogP contribution is 2.17. The fourth-order valence-electron chi connectivity index (χ4n) is 1.99. The summed E-state index contributed by atoms with van der Waals surface area (Å²) < 4.78 is 15.0. The summed E-state index contributed by atoms with van der Waals surface area (Å²) in [5.41, 5.74) is 1.90. The smallest absolute Gasteiger partial charge is 0.275 e. The molecular formula is C12H8ClFN2O. The van der Waals surface area contributed by atoms with E-state index in [0.29, 0.717) is 11.4 Å². The van der Waals surface area contributed by atoms with Crippen molar-refractivity contribution in [3.05, 3.63) is 52.2 Å². The van der Waals surface area contributed by atoms with Crippen LogP contribution in [0.4, 0.5) is 4.39 Å². The number of benzene rings is 1. The summed E-state index contributed by atoms with van der Waals surface area (Å²) in [6, 6.07) is 6.74. The van der Waals surface area contributed by atoms with E-state index in [9.17, 15) is 9.18 Å². The molecule has 0 unspecified atom stereocenters. The second kappa shape index (κ2) is 3.60. The van der Waals surface area contributed by atoms with Crippen LogP contribution in [0.3, 0.4) is 0 Å². The number of halogens is 2. The van der Waals surface area contributed by atoms with Crippen LogP contribution in [0.5, 0.6) is 0 Å². The fraction of sp³-hybridized carbons (Fsp3) is 0.0833. The Morgan fingerprint density at radius 3 is 2.94 bits per heavy atom. The number of H-pyrrole nitrogens is 1. The van der Waals surface area contributed by atoms with Gasteiger partial charge >= 0.3 is 0 Å². The average Bonchev–Trinajstić information content (AvgIpc) is 2.71. The molecule has 0 aliphatic heterocycles. The molecule has 3 rings (SSSR count). The third-order valence-electron chi connectivity index (χ3n) is 2.78. The van der Waals surface area contributed by atoms with Crippen molar-refractivity contribution in [1.29, 1.82) is 0 Å². The van der Waals surface area contributed by atoms with Crippen LogP contribution in [0.15, 0.2) is 35.3 Å². The Labute approximate surface area is 100 Å². The zero-order valence-corrected chi connectivity index (χ0v) is 9.46. The summed E-state index contributed by atoms with van der Waals surface area (Å²) in [5, 5.41) is 0. The van der Waals surface area contributed by atoms with E-state index in [1.165, 1.54) is 6.07 Å². The highest BCUT2D eigenvalue weighted by molar-refractivity contribution is 6.17. The lowest BCUT2D eigenvalue weighted by Gasteiger charge is -2.04. The van der Waals surface area contributed by atoms with Crippen LogP contribution >= 0.6 is 11.6 Å². The van der Waals surface area contributed by atoms with Crippen LogP contribution in [0.25, 0.3) is 16.6 Å². The Morgan fingerprint density at radius 1 is 1.35 bits per heavy atom. The highest BCUT2D eigenvalue weighted by Gasteiger charge is 2.09. The van der Waals surface area contributed by atoms with Crippen molar-refractivity contribution in [2.45, 2.75) is 5.88 Å². The topological polar surface area (TPSA) is 37.3 Å². The number of aromatic nitrogens is 2. The van der Waals surface area contributed by atoms with Crippen molar-refractivity contribution in [2.24, 2.45) is 0 Å². The largest absolute Gasteiger partial charge is 0.319 e. The molecule has 0 spiro atoms. The number of nitrogens with zero attached hydrogens (tertiary/aromatic N) is 1. The van der Waals surface area contributed by atoms with Crippen molar-refractivity contribution in [1.82, 2.24) is 9.38 Å². The van der Waals surface area contributed by atoms with E-state index in [1.807, 2.05) is 12.1 Å². The minimum atomic E-state index is -0.519. The van der Waals surface area contributed by atoms with Crippen molar-refractivity contribution in [3.8, 4) is 0 Å². The van der Waals surface area contributed by atoms with E-state index in [2.05, 4.69) is 4.98 Å². The predicted octanol–water partition coefficient (Wildman–Crippen LogP) is 2.66. The first-order valence-corrected chi connectivity index (χ1v) is 5.61. The molecule has 86 valence electrons. The van der Waals surface area contributed by atoms with Gasteiger partial charge in [-0.15, -0.1) is 11.6 Å². The fourth-order valence-corrected chi connectivity index (χ4v) is 2.15. The van der Waals surface area contributed by atoms with E-state index < -0.39 is 11.4 Å². The molecule has 0 saturated heterocycles. The molecule has 0 aliphatic rings. The SMILES string of the molecule is O=c1[nH]c2cc(CCl)ccc2n2ccc(F)c12. The van der Waals surface area contributed by atoms with Crippen LogP contribution in [-0.4, -0.2) is 9.38 Å². The van der Waals surface area contributed by atoms with E-state index >= 15 is 0 Å². The quantitative estimate of drug-likeness (QED) is 0.663. The lowest BCUT2D eigenvalue weighted by atomic mass is 10.2. The normalized spacial score (nSPS) is 11.4. The Bertz CT molecular complexity index is 775. The van der Waals surface area contributed by atoms with Gasteiger partial charge in [0.15, 0.2) is 5.82 Å². The number of rotatable bonds is 1. The molecule has 3 aromatic rings. The van der Waals surface area contributed by atoms with Gasteiger partial charge in [0.05, 0.1) is 11.0 Å². The summed E-state index contributed by atoms with van der Waals surface area (Å²) in [6.45, 7) is 0. The van der Waals surface area contributed by atoms with Crippen LogP contribution in [0.2, 0.25) is 0 Å². The molecule has 2 aromatic heterocycles. The lowest BCUT2D eigenvalue weighted by molar-refractivity contribution is 0.639. The summed E-state index contributed by atoms with van der Waals surface area (Å²) >= 11 is 5.73. The molecule has 17 heavy (non-hydrogen) atoms. The molecule has 2 heterocycles. The molecule has 1 N–H and O–H groups in total. The molecule has 0 amide bonds. The standard InChI is InChI=1S/C12H8ClFN2O/c13-6-7-1-2-10-9(5-7)15-12(17)11-8(14)3-4-16(10)11/h1-5H,6H2,(H,15,17). The highest BCUT2D eigenvalue weighted by atomic mass is 35.5. The number of hydrogen-bond donors (Lipinski definition) is 1. The Balaban J connectivity index is 2.53. The van der Waals surface area contributed by atoms with Gasteiger partial charge in [-0.1, -0.05) is 6.07 Å². The number of aromatic amines is 1. The van der Waals surface area contributed by atoms with E-state index in [-0.39, 0.29) is 5.52 Å². The van der Waals surface area contributed by atoms with Gasteiger partial charge in [0, 0.05) is 12.1 Å². The van der Waals surface area contributed by atoms with Gasteiger partial charge in [-0.05, 0) is 23.8 Å². The third-order valence-corrected chi connectivity index (χ3v) is 3.08. The zero-order valence-electron chi connectivity index (χ0n) is 8.71. The number of hydrogen-bond acceptors (Lipinski definition) is 1. The van der Waals surface area contributed by atoms with Crippen molar-refractivity contribution >= 4 is 28.2 Å². The Kier molecular flexibility index (Phi) is 2.19. The van der Waals surface area contributed by atoms with Crippen LogP contribution in [0, 0.1) is 5.82 Å². The van der Waals surface area contributed by atoms with E-state index in [0.717, 1.165) is 11.1 Å². The van der Waals surface area contributed by atoms with Gasteiger partial charge in [0.25, 0.3) is 5.56 Å². The molecule has 0 fully saturated rings. The number of fused-ring (bicyclic) bond motifs is 3. The minimum absolute atomic E-state index is 0.0381. The summed E-state index contributed by atoms with van der Waals surface area (Å²) in [6.07, 6.45) is 1.54. The molecule has 0 saturated carbocycles. The molecule has 3 nitrogen and oxygen atoms in total. The van der Waals surface area contributed by atoms with Gasteiger partial charge in [0.2, 0.25) is 0 Å². The second-order valence-electron chi connectivity index (χ2n) is 3.82. The van der Waals surface area contributed by atoms with Crippen molar-refractivity contribution in [2.75, 3.05) is 0 Å². The zero-order chi connectivity index (χ0) is 12.0. The maximum absolute atomic E-state index is 13.4. The van der Waals surface area contributed by atoms with Gasteiger partial charge in [-0.25, -0.2) is 4.39 Å². The Morgan fingerprint density at radius 2 is 2.18 bits per heavy atom. The molecule has 5 heteroatoms. The summed E-state index contributed by atoms with van der Waals surface area (Å²) in [4.78, 5) is 14.4. The first-order chi connectivity index (χ1) is 8.20. The first kappa shape index (κ1) is 10.4. The number of nitrogens with one attached hydrogen (secondary N) is 1. The molecule has 0 atom stereocenters. The second-order valence-corrected chi connectivity index (χ2v) is 4.09. The van der Waals surface area contributed by atoms with E-state index in [1.54, 1.807) is 16.7 Å². The van der Waals surface area contributed by atoms with Gasteiger partial charge in [0.1, 0.15) is 5.52 Å². The van der Waals surface area contributed by atoms with Crippen molar-refractivity contribution < 1.29 is 4.39 Å². The van der Waals surface area contributed by atoms with Gasteiger partial charge < -0.3 is 9.38 Å². The molecule has 0 aliphatic carbocycles. The maximum Gasteiger partial charge on any atom is 0.275 e. The first-order valence-electron chi connectivity index (χ1n) is 5.08. The van der Waals surface area contributed by atoms with Gasteiger partial charge in [-0.2, -0.15) is 0 Å². The van der Waals surface area contributed by atoms with Crippen molar-refractivity contribution in [3.63, 3.8) is 0 Å². The predicted molar refractivity (Wildman–Crippen MR) is 65.0 cm³/mol. The minimum Gasteiger partial charge on any atom is -0.319 e. The monoisotopic (exact) mass is 250 g/mol. The van der Waals surface area contributed by atoms with E-state index in [4.69, 9.17) is 11.6 Å². The lowest BCUT2D eigenvalue weighted by Crippen LogP contribution is -2.10. The van der Waals surface area contributed by atoms with Crippen LogP contribution in [-0.2, 0) is 5.88 Å². The third kappa shape index (κ3) is 1.45. The van der Waals surface area contributed by atoms with Crippen LogP contribution < -0.4 is 5.56 Å². The molecule has 1 aromatic carbocycles.